The van der Waals surface area contributed by atoms with Crippen molar-refractivity contribution in [2.75, 3.05) is 4.90 Å². The van der Waals surface area contributed by atoms with Crippen LogP contribution < -0.4 is 10.2 Å². The van der Waals surface area contributed by atoms with Gasteiger partial charge in [0.1, 0.15) is 66.6 Å². The van der Waals surface area contributed by atoms with E-state index in [1.807, 2.05) is 35.7 Å². The maximum atomic E-state index is 14.9. The van der Waals surface area contributed by atoms with E-state index in [2.05, 4.69) is 46.6 Å². The third kappa shape index (κ3) is 3.23. The molecular weight excluding hydrogens is 463 g/mol. The molecule has 8 nitrogen and oxygen atoms in total. The smallest absolute Gasteiger partial charge is 0.255 e. The zero-order chi connectivity index (χ0) is 27.1. The Hall–Kier alpha value is -3.32. The van der Waals surface area contributed by atoms with Crippen molar-refractivity contribution in [1.82, 2.24) is 20.1 Å². The van der Waals surface area contributed by atoms with Crippen molar-refractivity contribution < 1.29 is 14.3 Å². The molecule has 1 aromatic carbocycles. The van der Waals surface area contributed by atoms with E-state index in [0.29, 0.717) is 22.8 Å². The number of rotatable bonds is 3. The van der Waals surface area contributed by atoms with E-state index < -0.39 is 27.2 Å². The molecule has 178 valence electrons. The van der Waals surface area contributed by atoms with Crippen LogP contribution >= 0.6 is 0 Å². The van der Waals surface area contributed by atoms with E-state index >= 15 is 0 Å². The first-order chi connectivity index (χ1) is 17.2. The summed E-state index contributed by atoms with van der Waals surface area (Å²) in [6, 6.07) is 9.78. The van der Waals surface area contributed by atoms with Gasteiger partial charge in [-0.3, -0.25) is 4.79 Å². The molecule has 2 aliphatic heterocycles. The highest BCUT2D eigenvalue weighted by molar-refractivity contribution is 6.63. The van der Waals surface area contributed by atoms with Crippen LogP contribution in [0, 0.1) is 17.1 Å². The normalized spacial score (nSPS) is 22.8. The first kappa shape index (κ1) is 25.3. The molecule has 1 amide bonds. The Balaban J connectivity index is 1.69. The van der Waals surface area contributed by atoms with Crippen LogP contribution in [0.2, 0.25) is 5.21 Å². The number of benzene rings is 1. The van der Waals surface area contributed by atoms with Gasteiger partial charge in [-0.05, 0) is 28.9 Å². The maximum Gasteiger partial charge on any atom is 0.255 e. The zero-order valence-electron chi connectivity index (χ0n) is 22.1. The van der Waals surface area contributed by atoms with E-state index in [-0.39, 0.29) is 29.3 Å². The molecule has 1 unspecified atom stereocenters. The van der Waals surface area contributed by atoms with E-state index in [4.69, 9.17) is 5.10 Å². The fourth-order valence-corrected chi connectivity index (χ4v) is 6.09. The minimum absolute atomic E-state index is 0.0837. The monoisotopic (exact) mass is 488 g/mol. The SMILES string of the molecule is BC1(B)N(c2ccn(-c3cc(-c4c(F)cccc4C#N)nc4c3C(=O)NC4)n2)C(B)(B)C(B)(O)C1(B)B. The highest BCUT2D eigenvalue weighted by atomic mass is 19.1. The Bertz CT molecular complexity index is 1490. The molecule has 0 aliphatic carbocycles. The van der Waals surface area contributed by atoms with Crippen molar-refractivity contribution >= 4 is 66.6 Å². The number of hydrogen-bond acceptors (Lipinski definition) is 6. The van der Waals surface area contributed by atoms with Gasteiger partial charge in [0.15, 0.2) is 0 Å². The van der Waals surface area contributed by atoms with Gasteiger partial charge >= 0.3 is 0 Å². The van der Waals surface area contributed by atoms with Crippen molar-refractivity contribution in [2.45, 2.75) is 27.9 Å². The number of anilines is 1. The van der Waals surface area contributed by atoms with Gasteiger partial charge in [-0.2, -0.15) is 10.4 Å². The average Bonchev–Trinajstić information content (AvgIpc) is 3.46. The van der Waals surface area contributed by atoms with E-state index in [9.17, 15) is 19.6 Å². The van der Waals surface area contributed by atoms with Crippen LogP contribution in [-0.4, -0.2) is 96.9 Å². The Morgan fingerprint density at radius 2 is 1.78 bits per heavy atom. The molecule has 5 rings (SSSR count). The Morgan fingerprint density at radius 1 is 1.08 bits per heavy atom. The van der Waals surface area contributed by atoms with E-state index in [1.54, 1.807) is 16.9 Å². The minimum Gasteiger partial charge on any atom is -0.399 e. The Kier molecular flexibility index (Phi) is 5.37. The molecule has 3 aromatic rings. The molecule has 1 atom stereocenters. The summed E-state index contributed by atoms with van der Waals surface area (Å²) in [5.41, 5.74) is 0.712. The molecule has 0 radical (unpaired) electrons. The number of pyridine rings is 1. The summed E-state index contributed by atoms with van der Waals surface area (Å²) >= 11 is 0. The number of nitriles is 1. The van der Waals surface area contributed by atoms with Crippen LogP contribution in [0.4, 0.5) is 10.2 Å². The molecule has 16 heteroatoms. The largest absolute Gasteiger partial charge is 0.399 e. The summed E-state index contributed by atoms with van der Waals surface area (Å²) in [5, 5.41) is 27.2. The summed E-state index contributed by atoms with van der Waals surface area (Å²) in [7, 11) is 14.1. The predicted molar refractivity (Wildman–Crippen MR) is 158 cm³/mol. The standard InChI is InChI=1S/C21H24B7FN6O2/c22-18(23)19(24,37)21(27,28)35(20(18,25)26)14-4-5-34(33-14)13-6-11(32-12-8-31-17(36)16(12)13)15-9(7-30)2-1-3-10(15)29/h1-6,37H,8,22-28H2,(H,31,36). The molecule has 1 fully saturated rings. The number of aliphatic hydroxyl groups is 1. The Morgan fingerprint density at radius 3 is 2.41 bits per heavy atom. The average molecular weight is 487 g/mol. The van der Waals surface area contributed by atoms with Gasteiger partial charge in [0.25, 0.3) is 5.91 Å². The quantitative estimate of drug-likeness (QED) is 0.358. The van der Waals surface area contributed by atoms with Crippen molar-refractivity contribution in [1.29, 1.82) is 5.26 Å². The second kappa shape index (κ2) is 7.84. The second-order valence-corrected chi connectivity index (χ2v) is 11.6. The summed E-state index contributed by atoms with van der Waals surface area (Å²) in [4.78, 5) is 19.4. The van der Waals surface area contributed by atoms with Gasteiger partial charge in [-0.25, -0.2) is 14.1 Å². The highest BCUT2D eigenvalue weighted by Crippen LogP contribution is 2.56. The third-order valence-electron chi connectivity index (χ3n) is 9.21. The number of aromatic nitrogens is 3. The van der Waals surface area contributed by atoms with Crippen molar-refractivity contribution in [3.05, 3.63) is 59.2 Å². The first-order valence-corrected chi connectivity index (χ1v) is 12.3. The number of halogens is 1. The summed E-state index contributed by atoms with van der Waals surface area (Å²) < 4.78 is 16.5. The third-order valence-corrected chi connectivity index (χ3v) is 9.21. The molecular formula is C21H24B7FN6O2. The predicted octanol–water partition coefficient (Wildman–Crippen LogP) is -5.45. The van der Waals surface area contributed by atoms with Crippen LogP contribution in [0.15, 0.2) is 36.5 Å². The lowest BCUT2D eigenvalue weighted by Crippen LogP contribution is -2.63. The lowest BCUT2D eigenvalue weighted by molar-refractivity contribution is 0.0965. The maximum absolute atomic E-state index is 14.9. The molecule has 4 heterocycles. The second-order valence-electron chi connectivity index (χ2n) is 11.6. The van der Waals surface area contributed by atoms with Gasteiger partial charge in [0.2, 0.25) is 0 Å². The van der Waals surface area contributed by atoms with Gasteiger partial charge in [0, 0.05) is 17.8 Å². The van der Waals surface area contributed by atoms with Crippen LogP contribution in [0.1, 0.15) is 21.6 Å². The number of carbonyl (C=O) groups excluding carboxylic acids is 1. The van der Waals surface area contributed by atoms with Crippen LogP contribution in [0.25, 0.3) is 16.9 Å². The molecule has 0 spiro atoms. The number of nitrogens with zero attached hydrogens (tertiary/aromatic N) is 5. The van der Waals surface area contributed by atoms with Crippen LogP contribution in [0.5, 0.6) is 0 Å². The number of hydrogen-bond donors (Lipinski definition) is 2. The molecule has 1 saturated heterocycles. The molecule has 2 N–H and O–H groups in total. The molecule has 0 saturated carbocycles. The topological polar surface area (TPSA) is 107 Å². The molecule has 2 aliphatic rings. The highest BCUT2D eigenvalue weighted by Gasteiger charge is 2.67. The molecule has 0 bridgehead atoms. The lowest BCUT2D eigenvalue weighted by atomic mass is 9.26. The van der Waals surface area contributed by atoms with Gasteiger partial charge in [-0.1, -0.05) is 11.3 Å². The number of amides is 1. The van der Waals surface area contributed by atoms with E-state index in [0.717, 1.165) is 0 Å². The number of fused-ring (bicyclic) bond motifs is 1. The zero-order valence-corrected chi connectivity index (χ0v) is 22.1. The summed E-state index contributed by atoms with van der Waals surface area (Å²) in [6.07, 6.45) is 1.75. The molecule has 37 heavy (non-hydrogen) atoms. The fraction of sp³-hybridized carbons (Fsp3) is 0.238. The number of nitrogens with one attached hydrogen (secondary N) is 1. The van der Waals surface area contributed by atoms with Crippen LogP contribution in [0.3, 0.4) is 0 Å². The number of carbonyl (C=O) groups is 1. The summed E-state index contributed by atoms with van der Waals surface area (Å²) in [5.74, 6) is -0.225. The Labute approximate surface area is 221 Å². The first-order valence-electron chi connectivity index (χ1n) is 12.3. The lowest BCUT2D eigenvalue weighted by Gasteiger charge is -2.45. The van der Waals surface area contributed by atoms with Gasteiger partial charge in [-0.15, -0.1) is 0 Å². The van der Waals surface area contributed by atoms with Gasteiger partial charge < -0.3 is 15.3 Å². The minimum atomic E-state index is -1.04. The van der Waals surface area contributed by atoms with Crippen LogP contribution in [-0.2, 0) is 6.54 Å². The van der Waals surface area contributed by atoms with Gasteiger partial charge in [0.05, 0.1) is 46.4 Å². The summed E-state index contributed by atoms with van der Waals surface area (Å²) in [6.45, 7) is 0.197. The van der Waals surface area contributed by atoms with Crippen molar-refractivity contribution in [3.8, 4) is 23.0 Å². The van der Waals surface area contributed by atoms with Crippen molar-refractivity contribution in [2.24, 2.45) is 0 Å². The molecule has 2 aromatic heterocycles. The fourth-order valence-electron chi connectivity index (χ4n) is 6.09. The van der Waals surface area contributed by atoms with Crippen molar-refractivity contribution in [3.63, 3.8) is 0 Å². The van der Waals surface area contributed by atoms with E-state index in [1.165, 1.54) is 18.2 Å².